The lowest BCUT2D eigenvalue weighted by atomic mass is 9.89. The monoisotopic (exact) mass is 215 g/mol. The molecule has 0 aromatic rings. The lowest BCUT2D eigenvalue weighted by molar-refractivity contribution is 0.0212. The Bertz CT molecular complexity index is 145. The van der Waals surface area contributed by atoms with Crippen LogP contribution < -0.4 is 5.32 Å². The fourth-order valence-electron chi connectivity index (χ4n) is 1.99. The van der Waals surface area contributed by atoms with Gasteiger partial charge in [0.1, 0.15) is 0 Å². The van der Waals surface area contributed by atoms with E-state index in [1.807, 2.05) is 0 Å². The van der Waals surface area contributed by atoms with Gasteiger partial charge in [-0.2, -0.15) is 0 Å². The van der Waals surface area contributed by atoms with Crippen molar-refractivity contribution in [1.29, 1.82) is 0 Å². The average Bonchev–Trinajstić information content (AvgIpc) is 2.26. The number of methoxy groups -OCH3 is 1. The Balaban J connectivity index is 1.87. The van der Waals surface area contributed by atoms with Gasteiger partial charge in [0, 0.05) is 20.2 Å². The fourth-order valence-corrected chi connectivity index (χ4v) is 1.99. The van der Waals surface area contributed by atoms with Crippen LogP contribution in [0.4, 0.5) is 0 Å². The Morgan fingerprint density at radius 3 is 2.40 bits per heavy atom. The summed E-state index contributed by atoms with van der Waals surface area (Å²) in [5.41, 5.74) is 0. The van der Waals surface area contributed by atoms with Crippen LogP contribution in [0.3, 0.4) is 0 Å². The van der Waals surface area contributed by atoms with Crippen molar-refractivity contribution >= 4 is 0 Å². The fraction of sp³-hybridized carbons (Fsp3) is 1.00. The molecule has 1 rings (SSSR count). The van der Waals surface area contributed by atoms with Crippen molar-refractivity contribution in [1.82, 2.24) is 5.32 Å². The minimum Gasteiger partial charge on any atom is -0.383 e. The molecular weight excluding hydrogens is 190 g/mol. The zero-order chi connectivity index (χ0) is 10.9. The van der Waals surface area contributed by atoms with Crippen LogP contribution in [0.5, 0.6) is 0 Å². The molecule has 0 radical (unpaired) electrons. The van der Waals surface area contributed by atoms with E-state index in [2.05, 4.69) is 12.2 Å². The first-order valence-electron chi connectivity index (χ1n) is 6.14. The van der Waals surface area contributed by atoms with E-state index in [4.69, 9.17) is 9.47 Å². The molecule has 0 atom stereocenters. The van der Waals surface area contributed by atoms with Crippen LogP contribution in [-0.2, 0) is 9.47 Å². The quantitative estimate of drug-likeness (QED) is 0.657. The highest BCUT2D eigenvalue weighted by molar-refractivity contribution is 4.69. The van der Waals surface area contributed by atoms with Crippen LogP contribution in [0.15, 0.2) is 0 Å². The van der Waals surface area contributed by atoms with Crippen LogP contribution >= 0.6 is 0 Å². The van der Waals surface area contributed by atoms with Crippen LogP contribution in [0, 0.1) is 5.92 Å². The summed E-state index contributed by atoms with van der Waals surface area (Å²) in [5.74, 6) is 0.907. The molecule has 0 spiro atoms. The Labute approximate surface area is 93.5 Å². The standard InChI is InChI=1S/C12H25NO2/c1-11-3-5-12(6-4-11)15-10-8-13-7-9-14-2/h11-13H,3-10H2,1-2H3. The number of rotatable bonds is 7. The summed E-state index contributed by atoms with van der Waals surface area (Å²) in [6.45, 7) is 5.81. The van der Waals surface area contributed by atoms with E-state index in [0.29, 0.717) is 6.10 Å². The second kappa shape index (κ2) is 8.08. The predicted molar refractivity (Wildman–Crippen MR) is 62.1 cm³/mol. The Kier molecular flexibility index (Phi) is 6.98. The molecule has 3 nitrogen and oxygen atoms in total. The van der Waals surface area contributed by atoms with Crippen LogP contribution in [-0.4, -0.2) is 39.5 Å². The van der Waals surface area contributed by atoms with Crippen LogP contribution in [0.25, 0.3) is 0 Å². The zero-order valence-electron chi connectivity index (χ0n) is 10.1. The van der Waals surface area contributed by atoms with E-state index in [0.717, 1.165) is 32.2 Å². The molecule has 0 amide bonds. The van der Waals surface area contributed by atoms with E-state index >= 15 is 0 Å². The largest absolute Gasteiger partial charge is 0.383 e. The molecule has 1 aliphatic carbocycles. The second-order valence-corrected chi connectivity index (χ2v) is 4.50. The number of hydrogen-bond donors (Lipinski definition) is 1. The third-order valence-corrected chi connectivity index (χ3v) is 3.08. The highest BCUT2D eigenvalue weighted by atomic mass is 16.5. The van der Waals surface area contributed by atoms with Gasteiger partial charge >= 0.3 is 0 Å². The lowest BCUT2D eigenvalue weighted by Crippen LogP contribution is -2.27. The first-order chi connectivity index (χ1) is 7.33. The SMILES string of the molecule is COCCNCCOC1CCC(C)CC1. The van der Waals surface area contributed by atoms with Crippen molar-refractivity contribution in [3.8, 4) is 0 Å². The smallest absolute Gasteiger partial charge is 0.0594 e. The summed E-state index contributed by atoms with van der Waals surface area (Å²) in [6, 6.07) is 0. The van der Waals surface area contributed by atoms with Gasteiger partial charge < -0.3 is 14.8 Å². The molecule has 1 aliphatic rings. The van der Waals surface area contributed by atoms with Gasteiger partial charge in [-0.25, -0.2) is 0 Å². The molecule has 3 heteroatoms. The molecule has 90 valence electrons. The van der Waals surface area contributed by atoms with Gasteiger partial charge in [-0.15, -0.1) is 0 Å². The van der Waals surface area contributed by atoms with Crippen molar-refractivity contribution in [3.63, 3.8) is 0 Å². The minimum absolute atomic E-state index is 0.519. The average molecular weight is 215 g/mol. The van der Waals surface area contributed by atoms with E-state index in [1.54, 1.807) is 7.11 Å². The highest BCUT2D eigenvalue weighted by Gasteiger charge is 2.17. The highest BCUT2D eigenvalue weighted by Crippen LogP contribution is 2.25. The third kappa shape index (κ3) is 6.13. The van der Waals surface area contributed by atoms with Crippen molar-refractivity contribution < 1.29 is 9.47 Å². The summed E-state index contributed by atoms with van der Waals surface area (Å²) in [4.78, 5) is 0. The van der Waals surface area contributed by atoms with E-state index in [-0.39, 0.29) is 0 Å². The summed E-state index contributed by atoms with van der Waals surface area (Å²) in [6.07, 6.45) is 5.69. The van der Waals surface area contributed by atoms with Gasteiger partial charge in [0.2, 0.25) is 0 Å². The first kappa shape index (κ1) is 12.9. The Morgan fingerprint density at radius 1 is 1.07 bits per heavy atom. The predicted octanol–water partition coefficient (Wildman–Crippen LogP) is 1.82. The second-order valence-electron chi connectivity index (χ2n) is 4.50. The minimum atomic E-state index is 0.519. The molecule has 0 aromatic heterocycles. The maximum Gasteiger partial charge on any atom is 0.0594 e. The van der Waals surface area contributed by atoms with Gasteiger partial charge in [-0.05, 0) is 31.6 Å². The zero-order valence-corrected chi connectivity index (χ0v) is 10.1. The summed E-state index contributed by atoms with van der Waals surface area (Å²) < 4.78 is 10.8. The Morgan fingerprint density at radius 2 is 1.73 bits per heavy atom. The number of hydrogen-bond acceptors (Lipinski definition) is 3. The molecule has 1 saturated carbocycles. The van der Waals surface area contributed by atoms with E-state index < -0.39 is 0 Å². The Hall–Kier alpha value is -0.120. The van der Waals surface area contributed by atoms with Gasteiger partial charge in [0.15, 0.2) is 0 Å². The van der Waals surface area contributed by atoms with Gasteiger partial charge in [-0.1, -0.05) is 6.92 Å². The van der Waals surface area contributed by atoms with Crippen molar-refractivity contribution in [2.45, 2.75) is 38.7 Å². The molecule has 1 N–H and O–H groups in total. The maximum atomic E-state index is 5.81. The summed E-state index contributed by atoms with van der Waals surface area (Å²) in [5, 5.41) is 3.28. The summed E-state index contributed by atoms with van der Waals surface area (Å²) >= 11 is 0. The molecule has 15 heavy (non-hydrogen) atoms. The van der Waals surface area contributed by atoms with Gasteiger partial charge in [0.25, 0.3) is 0 Å². The lowest BCUT2D eigenvalue weighted by Gasteiger charge is -2.26. The molecular formula is C12H25NO2. The van der Waals surface area contributed by atoms with Gasteiger partial charge in [-0.3, -0.25) is 0 Å². The third-order valence-electron chi connectivity index (χ3n) is 3.08. The van der Waals surface area contributed by atoms with Crippen molar-refractivity contribution in [2.24, 2.45) is 5.92 Å². The maximum absolute atomic E-state index is 5.81. The van der Waals surface area contributed by atoms with Crippen LogP contribution in [0.1, 0.15) is 32.6 Å². The first-order valence-corrected chi connectivity index (χ1v) is 6.14. The molecule has 0 aliphatic heterocycles. The molecule has 0 saturated heterocycles. The van der Waals surface area contributed by atoms with Crippen molar-refractivity contribution in [3.05, 3.63) is 0 Å². The molecule has 0 aromatic carbocycles. The molecule has 1 fully saturated rings. The summed E-state index contributed by atoms with van der Waals surface area (Å²) in [7, 11) is 1.72. The molecule has 0 unspecified atom stereocenters. The molecule has 0 bridgehead atoms. The number of nitrogens with one attached hydrogen (secondary N) is 1. The normalized spacial score (nSPS) is 26.8. The van der Waals surface area contributed by atoms with Crippen LogP contribution in [0.2, 0.25) is 0 Å². The topological polar surface area (TPSA) is 30.5 Å². The number of ether oxygens (including phenoxy) is 2. The van der Waals surface area contributed by atoms with E-state index in [1.165, 1.54) is 25.7 Å². The van der Waals surface area contributed by atoms with Gasteiger partial charge in [0.05, 0.1) is 19.3 Å². The van der Waals surface area contributed by atoms with Crippen molar-refractivity contribution in [2.75, 3.05) is 33.4 Å². The molecule has 0 heterocycles. The van der Waals surface area contributed by atoms with E-state index in [9.17, 15) is 0 Å².